The van der Waals surface area contributed by atoms with Crippen molar-refractivity contribution >= 4 is 5.91 Å². The second kappa shape index (κ2) is 8.07. The van der Waals surface area contributed by atoms with Crippen molar-refractivity contribution in [2.24, 2.45) is 5.41 Å². The van der Waals surface area contributed by atoms with Gasteiger partial charge in [-0.15, -0.1) is 0 Å². The molecule has 0 saturated carbocycles. The topological polar surface area (TPSA) is 84.2 Å². The van der Waals surface area contributed by atoms with Crippen molar-refractivity contribution in [2.75, 3.05) is 13.2 Å². The van der Waals surface area contributed by atoms with Crippen molar-refractivity contribution in [2.45, 2.75) is 33.6 Å². The molecule has 0 unspecified atom stereocenters. The summed E-state index contributed by atoms with van der Waals surface area (Å²) < 4.78 is 1.58. The minimum Gasteiger partial charge on any atom is -0.396 e. The SMILES string of the molecule is CCC(CC)(CO)CNC(=O)c1nn(-c2ccccc2)c(C)cc1=O. The molecule has 0 aliphatic carbocycles. The molecule has 0 bridgehead atoms. The fourth-order valence-electron chi connectivity index (χ4n) is 2.67. The van der Waals surface area contributed by atoms with Gasteiger partial charge in [-0.2, -0.15) is 5.10 Å². The smallest absolute Gasteiger partial charge is 0.275 e. The molecule has 0 aliphatic heterocycles. The average molecular weight is 343 g/mol. The average Bonchev–Trinajstić information content (AvgIpc) is 2.64. The van der Waals surface area contributed by atoms with E-state index in [0.29, 0.717) is 12.2 Å². The Bertz CT molecular complexity index is 772. The number of rotatable bonds is 7. The molecule has 2 rings (SSSR count). The molecule has 0 aliphatic rings. The van der Waals surface area contributed by atoms with Gasteiger partial charge >= 0.3 is 0 Å². The Balaban J connectivity index is 2.30. The Morgan fingerprint density at radius 1 is 1.24 bits per heavy atom. The van der Waals surface area contributed by atoms with E-state index >= 15 is 0 Å². The standard InChI is InChI=1S/C19H25N3O3/c1-4-19(5-2,13-23)12-20-18(25)17-16(24)11-14(3)22(21-17)15-9-7-6-8-10-15/h6-11,23H,4-5,12-13H2,1-3H3,(H,20,25). The van der Waals surface area contributed by atoms with Gasteiger partial charge in [0.15, 0.2) is 5.69 Å². The Hall–Kier alpha value is -2.47. The second-order valence-electron chi connectivity index (χ2n) is 6.29. The van der Waals surface area contributed by atoms with Gasteiger partial charge in [0.1, 0.15) is 0 Å². The summed E-state index contributed by atoms with van der Waals surface area (Å²) in [6.45, 7) is 6.00. The van der Waals surface area contributed by atoms with Gasteiger partial charge in [-0.05, 0) is 31.9 Å². The predicted octanol–water partition coefficient (Wildman–Crippen LogP) is 2.07. The van der Waals surface area contributed by atoms with E-state index in [4.69, 9.17) is 0 Å². The van der Waals surface area contributed by atoms with E-state index in [1.54, 1.807) is 11.6 Å². The van der Waals surface area contributed by atoms with Crippen LogP contribution in [0.4, 0.5) is 0 Å². The number of aliphatic hydroxyl groups is 1. The zero-order valence-corrected chi connectivity index (χ0v) is 15.0. The first kappa shape index (κ1) is 18.9. The summed E-state index contributed by atoms with van der Waals surface area (Å²) in [4.78, 5) is 24.7. The highest BCUT2D eigenvalue weighted by Crippen LogP contribution is 2.24. The monoisotopic (exact) mass is 343 g/mol. The number of aromatic nitrogens is 2. The van der Waals surface area contributed by atoms with Crippen LogP contribution < -0.4 is 10.7 Å². The minimum atomic E-state index is -0.519. The normalized spacial score (nSPS) is 11.4. The Labute approximate surface area is 147 Å². The molecule has 1 amide bonds. The number of amides is 1. The van der Waals surface area contributed by atoms with Crippen LogP contribution in [0.15, 0.2) is 41.2 Å². The highest BCUT2D eigenvalue weighted by atomic mass is 16.3. The third-order valence-corrected chi connectivity index (χ3v) is 4.78. The predicted molar refractivity (Wildman–Crippen MR) is 97.0 cm³/mol. The number of aryl methyl sites for hydroxylation is 1. The second-order valence-corrected chi connectivity index (χ2v) is 6.29. The summed E-state index contributed by atoms with van der Waals surface area (Å²) >= 11 is 0. The van der Waals surface area contributed by atoms with Crippen LogP contribution in [0.2, 0.25) is 0 Å². The maximum atomic E-state index is 12.5. The highest BCUT2D eigenvalue weighted by molar-refractivity contribution is 5.92. The van der Waals surface area contributed by atoms with Gasteiger partial charge in [0.25, 0.3) is 5.91 Å². The van der Waals surface area contributed by atoms with Gasteiger partial charge in [0.2, 0.25) is 5.43 Å². The van der Waals surface area contributed by atoms with Gasteiger partial charge in [0, 0.05) is 23.7 Å². The number of carbonyl (C=O) groups is 1. The molecule has 2 N–H and O–H groups in total. The maximum absolute atomic E-state index is 12.5. The number of carbonyl (C=O) groups excluding carboxylic acids is 1. The zero-order valence-electron chi connectivity index (χ0n) is 15.0. The number of hydrogen-bond acceptors (Lipinski definition) is 4. The molecule has 2 aromatic rings. The first-order valence-corrected chi connectivity index (χ1v) is 8.52. The zero-order chi connectivity index (χ0) is 18.4. The van der Waals surface area contributed by atoms with Crippen molar-refractivity contribution in [1.29, 1.82) is 0 Å². The summed E-state index contributed by atoms with van der Waals surface area (Å²) in [6, 6.07) is 10.7. The molecule has 1 aromatic carbocycles. The fraction of sp³-hybridized carbons (Fsp3) is 0.421. The van der Waals surface area contributed by atoms with Gasteiger partial charge in [-0.1, -0.05) is 32.0 Å². The molecule has 25 heavy (non-hydrogen) atoms. The van der Waals surface area contributed by atoms with Crippen LogP contribution in [0.25, 0.3) is 5.69 Å². The number of para-hydroxylation sites is 1. The van der Waals surface area contributed by atoms with Crippen molar-refractivity contribution in [3.63, 3.8) is 0 Å². The third-order valence-electron chi connectivity index (χ3n) is 4.78. The lowest BCUT2D eigenvalue weighted by molar-refractivity contribution is 0.0844. The van der Waals surface area contributed by atoms with Crippen molar-refractivity contribution in [1.82, 2.24) is 15.1 Å². The summed E-state index contributed by atoms with van der Waals surface area (Å²) in [7, 11) is 0. The molecule has 0 radical (unpaired) electrons. The van der Waals surface area contributed by atoms with Crippen LogP contribution in [0.5, 0.6) is 0 Å². The van der Waals surface area contributed by atoms with Crippen LogP contribution in [0.3, 0.4) is 0 Å². The molecule has 0 fully saturated rings. The number of nitrogens with one attached hydrogen (secondary N) is 1. The van der Waals surface area contributed by atoms with E-state index in [2.05, 4.69) is 10.4 Å². The first-order valence-electron chi connectivity index (χ1n) is 8.52. The molecule has 0 atom stereocenters. The summed E-state index contributed by atoms with van der Waals surface area (Å²) in [6.07, 6.45) is 1.46. The molecule has 6 nitrogen and oxygen atoms in total. The van der Waals surface area contributed by atoms with Gasteiger partial charge in [0.05, 0.1) is 12.3 Å². The lowest BCUT2D eigenvalue weighted by atomic mass is 9.83. The fourth-order valence-corrected chi connectivity index (χ4v) is 2.67. The molecule has 0 spiro atoms. The molecule has 1 aromatic heterocycles. The molecule has 6 heteroatoms. The number of hydrogen-bond donors (Lipinski definition) is 2. The van der Waals surface area contributed by atoms with Crippen LogP contribution in [-0.4, -0.2) is 33.9 Å². The van der Waals surface area contributed by atoms with Crippen LogP contribution in [0, 0.1) is 12.3 Å². The molecule has 134 valence electrons. The van der Waals surface area contributed by atoms with Gasteiger partial charge in [-0.3, -0.25) is 9.59 Å². The van der Waals surface area contributed by atoms with Crippen molar-refractivity contribution in [3.8, 4) is 5.69 Å². The quantitative estimate of drug-likeness (QED) is 0.806. The Morgan fingerprint density at radius 3 is 2.44 bits per heavy atom. The summed E-state index contributed by atoms with van der Waals surface area (Å²) in [5.41, 5.74) is 0.498. The third kappa shape index (κ3) is 4.14. The van der Waals surface area contributed by atoms with Crippen LogP contribution >= 0.6 is 0 Å². The number of aliphatic hydroxyl groups excluding tert-OH is 1. The minimum absolute atomic E-state index is 0.0180. The molecular weight excluding hydrogens is 318 g/mol. The van der Waals surface area contributed by atoms with Gasteiger partial charge < -0.3 is 10.4 Å². The van der Waals surface area contributed by atoms with E-state index in [1.807, 2.05) is 44.2 Å². The van der Waals surface area contributed by atoms with E-state index in [-0.39, 0.29) is 17.7 Å². The molecule has 1 heterocycles. The van der Waals surface area contributed by atoms with Crippen LogP contribution in [-0.2, 0) is 0 Å². The summed E-state index contributed by atoms with van der Waals surface area (Å²) in [5.74, 6) is -0.519. The molecular formula is C19H25N3O3. The van der Waals surface area contributed by atoms with E-state index < -0.39 is 11.3 Å². The summed E-state index contributed by atoms with van der Waals surface area (Å²) in [5, 5.41) is 16.6. The molecule has 0 saturated heterocycles. The highest BCUT2D eigenvalue weighted by Gasteiger charge is 2.27. The Kier molecular flexibility index (Phi) is 6.09. The van der Waals surface area contributed by atoms with Crippen LogP contribution in [0.1, 0.15) is 42.9 Å². The van der Waals surface area contributed by atoms with E-state index in [0.717, 1.165) is 18.5 Å². The van der Waals surface area contributed by atoms with Crippen molar-refractivity contribution < 1.29 is 9.90 Å². The maximum Gasteiger partial charge on any atom is 0.275 e. The lowest BCUT2D eigenvalue weighted by Crippen LogP contribution is -2.41. The number of nitrogens with zero attached hydrogens (tertiary/aromatic N) is 2. The Morgan fingerprint density at radius 2 is 1.88 bits per heavy atom. The van der Waals surface area contributed by atoms with Crippen molar-refractivity contribution in [3.05, 3.63) is 58.0 Å². The first-order chi connectivity index (χ1) is 12.0. The number of benzene rings is 1. The van der Waals surface area contributed by atoms with E-state index in [9.17, 15) is 14.7 Å². The van der Waals surface area contributed by atoms with E-state index in [1.165, 1.54) is 6.07 Å². The largest absolute Gasteiger partial charge is 0.396 e. The lowest BCUT2D eigenvalue weighted by Gasteiger charge is -2.29. The van der Waals surface area contributed by atoms with Gasteiger partial charge in [-0.25, -0.2) is 4.68 Å².